The van der Waals surface area contributed by atoms with Crippen LogP contribution < -0.4 is 10.6 Å². The van der Waals surface area contributed by atoms with E-state index in [1.54, 1.807) is 0 Å². The van der Waals surface area contributed by atoms with Crippen molar-refractivity contribution in [2.75, 3.05) is 25.5 Å². The van der Waals surface area contributed by atoms with E-state index < -0.39 is 11.6 Å². The number of anilines is 1. The van der Waals surface area contributed by atoms with E-state index in [0.29, 0.717) is 31.0 Å². The maximum atomic E-state index is 13.1. The van der Waals surface area contributed by atoms with Gasteiger partial charge in [0.1, 0.15) is 11.6 Å². The van der Waals surface area contributed by atoms with Crippen molar-refractivity contribution in [1.29, 1.82) is 5.26 Å². The molecule has 1 saturated heterocycles. The summed E-state index contributed by atoms with van der Waals surface area (Å²) in [6.07, 6.45) is 1.95. The zero-order valence-corrected chi connectivity index (χ0v) is 16.2. The van der Waals surface area contributed by atoms with E-state index >= 15 is 0 Å². The smallest absolute Gasteiger partial charge is 0.243 e. The molecule has 1 unspecified atom stereocenters. The van der Waals surface area contributed by atoms with Gasteiger partial charge in [0.15, 0.2) is 5.82 Å². The number of aromatic amines is 1. The number of carbonyl (C=O) groups is 1. The van der Waals surface area contributed by atoms with Crippen LogP contribution in [-0.2, 0) is 4.79 Å². The van der Waals surface area contributed by atoms with Gasteiger partial charge in [-0.25, -0.2) is 0 Å². The van der Waals surface area contributed by atoms with Crippen molar-refractivity contribution in [3.63, 3.8) is 0 Å². The number of piperidine rings is 1. The Morgan fingerprint density at radius 2 is 2.07 bits per heavy atom. The number of nitrogens with zero attached hydrogens (tertiary/aromatic N) is 3. The van der Waals surface area contributed by atoms with E-state index in [2.05, 4.69) is 45.6 Å². The van der Waals surface area contributed by atoms with Gasteiger partial charge in [-0.2, -0.15) is 10.4 Å². The second kappa shape index (κ2) is 7.97. The summed E-state index contributed by atoms with van der Waals surface area (Å²) in [4.78, 5) is 15.3. The standard InChI is InChI=1S/C20H28N6O/c1-14(2)12-17(22-18-15-6-4-5-7-16(15)24-25-18)19(27)23-20(13-21)8-10-26(3)11-9-20/h4-7,14,17H,8-12H2,1-3H3,(H,23,27)(H2,22,24,25). The minimum atomic E-state index is -0.784. The third kappa shape index (κ3) is 4.40. The van der Waals surface area contributed by atoms with Crippen LogP contribution in [0.3, 0.4) is 0 Å². The number of rotatable bonds is 6. The van der Waals surface area contributed by atoms with E-state index in [1.807, 2.05) is 31.3 Å². The van der Waals surface area contributed by atoms with Gasteiger partial charge in [0.25, 0.3) is 0 Å². The van der Waals surface area contributed by atoms with Crippen molar-refractivity contribution >= 4 is 22.6 Å². The van der Waals surface area contributed by atoms with Gasteiger partial charge in [0.05, 0.1) is 11.6 Å². The van der Waals surface area contributed by atoms with Crippen LogP contribution in [0.25, 0.3) is 10.9 Å². The quantitative estimate of drug-likeness (QED) is 0.728. The maximum absolute atomic E-state index is 13.1. The number of H-pyrrole nitrogens is 1. The van der Waals surface area contributed by atoms with Gasteiger partial charge in [0.2, 0.25) is 5.91 Å². The lowest BCUT2D eigenvalue weighted by molar-refractivity contribution is -0.124. The van der Waals surface area contributed by atoms with Crippen LogP contribution in [0.2, 0.25) is 0 Å². The Labute approximate surface area is 160 Å². The molecule has 1 aromatic heterocycles. The van der Waals surface area contributed by atoms with E-state index in [9.17, 15) is 10.1 Å². The monoisotopic (exact) mass is 368 g/mol. The highest BCUT2D eigenvalue weighted by Gasteiger charge is 2.37. The van der Waals surface area contributed by atoms with Gasteiger partial charge >= 0.3 is 0 Å². The maximum Gasteiger partial charge on any atom is 0.243 e. The van der Waals surface area contributed by atoms with Crippen LogP contribution in [0.5, 0.6) is 0 Å². The van der Waals surface area contributed by atoms with E-state index in [0.717, 1.165) is 24.0 Å². The second-order valence-electron chi connectivity index (χ2n) is 7.93. The average molecular weight is 368 g/mol. The SMILES string of the molecule is CC(C)CC(Nc1n[nH]c2ccccc12)C(=O)NC1(C#N)CCN(C)CC1. The van der Waals surface area contributed by atoms with Crippen LogP contribution in [0.4, 0.5) is 5.82 Å². The molecule has 0 bridgehead atoms. The molecule has 3 rings (SSSR count). The fraction of sp³-hybridized carbons (Fsp3) is 0.550. The van der Waals surface area contributed by atoms with Crippen molar-refractivity contribution in [3.8, 4) is 6.07 Å². The predicted octanol–water partition coefficient (Wildman–Crippen LogP) is 2.49. The first-order chi connectivity index (χ1) is 12.9. The molecule has 0 aliphatic carbocycles. The summed E-state index contributed by atoms with van der Waals surface area (Å²) < 4.78 is 0. The van der Waals surface area contributed by atoms with Gasteiger partial charge in [-0.05, 0) is 44.4 Å². The molecule has 27 heavy (non-hydrogen) atoms. The van der Waals surface area contributed by atoms with Gasteiger partial charge < -0.3 is 15.5 Å². The van der Waals surface area contributed by atoms with E-state index in [-0.39, 0.29) is 5.91 Å². The van der Waals surface area contributed by atoms with Gasteiger partial charge in [-0.3, -0.25) is 9.89 Å². The Kier molecular flexibility index (Phi) is 5.66. The zero-order valence-electron chi connectivity index (χ0n) is 16.2. The minimum Gasteiger partial charge on any atom is -0.356 e. The molecule has 1 atom stereocenters. The van der Waals surface area contributed by atoms with Crippen LogP contribution in [0.1, 0.15) is 33.1 Å². The Morgan fingerprint density at radius 1 is 1.37 bits per heavy atom. The first-order valence-corrected chi connectivity index (χ1v) is 9.54. The molecule has 2 heterocycles. The molecule has 1 aliphatic heterocycles. The summed E-state index contributed by atoms with van der Waals surface area (Å²) in [6, 6.07) is 9.73. The number of carbonyl (C=O) groups excluding carboxylic acids is 1. The molecule has 0 radical (unpaired) electrons. The van der Waals surface area contributed by atoms with Gasteiger partial charge in [-0.1, -0.05) is 26.0 Å². The third-order valence-electron chi connectivity index (χ3n) is 5.22. The number of nitrogens with one attached hydrogen (secondary N) is 3. The van der Waals surface area contributed by atoms with Crippen LogP contribution >= 0.6 is 0 Å². The summed E-state index contributed by atoms with van der Waals surface area (Å²) in [5.74, 6) is 0.858. The molecular formula is C20H28N6O. The number of hydrogen-bond donors (Lipinski definition) is 3. The zero-order chi connectivity index (χ0) is 19.4. The fourth-order valence-corrected chi connectivity index (χ4v) is 3.53. The molecule has 1 aromatic carbocycles. The Hall–Kier alpha value is -2.59. The normalized spacial score (nSPS) is 18.2. The molecule has 2 aromatic rings. The number of fused-ring (bicyclic) bond motifs is 1. The highest BCUT2D eigenvalue weighted by atomic mass is 16.2. The van der Waals surface area contributed by atoms with Crippen LogP contribution in [0.15, 0.2) is 24.3 Å². The number of aromatic nitrogens is 2. The topological polar surface area (TPSA) is 96.8 Å². The molecule has 0 spiro atoms. The van der Waals surface area contributed by atoms with Crippen molar-refractivity contribution in [3.05, 3.63) is 24.3 Å². The molecular weight excluding hydrogens is 340 g/mol. The average Bonchev–Trinajstić information content (AvgIpc) is 3.06. The number of para-hydroxylation sites is 1. The van der Waals surface area contributed by atoms with Gasteiger partial charge in [0, 0.05) is 18.5 Å². The van der Waals surface area contributed by atoms with Gasteiger partial charge in [-0.15, -0.1) is 0 Å². The number of likely N-dealkylation sites (tertiary alicyclic amines) is 1. The molecule has 3 N–H and O–H groups in total. The molecule has 7 nitrogen and oxygen atoms in total. The molecule has 1 amide bonds. The third-order valence-corrected chi connectivity index (χ3v) is 5.22. The first-order valence-electron chi connectivity index (χ1n) is 9.54. The Bertz CT molecular complexity index is 828. The molecule has 1 fully saturated rings. The van der Waals surface area contributed by atoms with E-state index in [1.165, 1.54) is 0 Å². The Balaban J connectivity index is 1.77. The minimum absolute atomic E-state index is 0.137. The summed E-state index contributed by atoms with van der Waals surface area (Å²) >= 11 is 0. The highest BCUT2D eigenvalue weighted by Crippen LogP contribution is 2.24. The number of benzene rings is 1. The summed E-state index contributed by atoms with van der Waals surface area (Å²) in [7, 11) is 2.04. The first kappa shape index (κ1) is 19.2. The lowest BCUT2D eigenvalue weighted by Crippen LogP contribution is -2.57. The fourth-order valence-electron chi connectivity index (χ4n) is 3.53. The molecule has 144 valence electrons. The molecule has 7 heteroatoms. The Morgan fingerprint density at radius 3 is 2.74 bits per heavy atom. The largest absolute Gasteiger partial charge is 0.356 e. The van der Waals surface area contributed by atoms with Crippen LogP contribution in [-0.4, -0.2) is 52.7 Å². The molecule has 0 saturated carbocycles. The summed E-state index contributed by atoms with van der Waals surface area (Å²) in [5, 5.41) is 24.3. The second-order valence-corrected chi connectivity index (χ2v) is 7.93. The summed E-state index contributed by atoms with van der Waals surface area (Å²) in [5.41, 5.74) is 0.140. The van der Waals surface area contributed by atoms with Crippen LogP contribution in [0, 0.1) is 17.2 Å². The van der Waals surface area contributed by atoms with Crippen molar-refractivity contribution in [1.82, 2.24) is 20.4 Å². The van der Waals surface area contributed by atoms with Crippen molar-refractivity contribution in [2.45, 2.75) is 44.7 Å². The number of nitriles is 1. The molecule has 1 aliphatic rings. The van der Waals surface area contributed by atoms with Crippen molar-refractivity contribution < 1.29 is 4.79 Å². The number of hydrogen-bond acceptors (Lipinski definition) is 5. The van der Waals surface area contributed by atoms with Crippen molar-refractivity contribution in [2.24, 2.45) is 5.92 Å². The summed E-state index contributed by atoms with van der Waals surface area (Å²) in [6.45, 7) is 5.78. The highest BCUT2D eigenvalue weighted by molar-refractivity contribution is 5.92. The number of amides is 1. The lowest BCUT2D eigenvalue weighted by Gasteiger charge is -2.37. The predicted molar refractivity (Wildman–Crippen MR) is 106 cm³/mol. The van der Waals surface area contributed by atoms with E-state index in [4.69, 9.17) is 0 Å². The lowest BCUT2D eigenvalue weighted by atomic mass is 9.88.